The monoisotopic (exact) mass is 351 g/mol. The van der Waals surface area contributed by atoms with Crippen molar-refractivity contribution in [2.45, 2.75) is 26.3 Å². The van der Waals surface area contributed by atoms with Crippen LogP contribution in [0, 0.1) is 0 Å². The molecule has 0 aliphatic heterocycles. The van der Waals surface area contributed by atoms with Crippen LogP contribution in [0.15, 0.2) is 41.1 Å². The molecule has 0 fully saturated rings. The van der Waals surface area contributed by atoms with E-state index < -0.39 is 0 Å². The molecule has 0 saturated heterocycles. The molecule has 21 heavy (non-hydrogen) atoms. The topological polar surface area (TPSA) is 39.1 Å². The summed E-state index contributed by atoms with van der Waals surface area (Å²) < 4.78 is 8.59. The summed E-state index contributed by atoms with van der Waals surface area (Å²) in [5, 5.41) is 3.38. The van der Waals surface area contributed by atoms with Crippen LogP contribution >= 0.6 is 15.9 Å². The Kier molecular flexibility index (Phi) is 6.26. The van der Waals surface area contributed by atoms with E-state index in [2.05, 4.69) is 55.9 Å². The third kappa shape index (κ3) is 4.58. The van der Waals surface area contributed by atoms with Crippen molar-refractivity contribution in [2.75, 3.05) is 25.1 Å². The fourth-order valence-electron chi connectivity index (χ4n) is 2.21. The molecule has 0 radical (unpaired) electrons. The van der Waals surface area contributed by atoms with E-state index in [1.54, 1.807) is 0 Å². The van der Waals surface area contributed by atoms with E-state index in [4.69, 9.17) is 4.74 Å². The molecule has 0 bridgehead atoms. The van der Waals surface area contributed by atoms with Gasteiger partial charge in [0.1, 0.15) is 0 Å². The maximum Gasteiger partial charge on any atom is 0.203 e. The van der Waals surface area contributed by atoms with Crippen LogP contribution in [0.3, 0.4) is 0 Å². The van der Waals surface area contributed by atoms with Gasteiger partial charge in [-0.15, -0.1) is 0 Å². The average molecular weight is 352 g/mol. The second-order valence-corrected chi connectivity index (χ2v) is 5.78. The molecule has 1 aromatic carbocycles. The van der Waals surface area contributed by atoms with Gasteiger partial charge in [-0.3, -0.25) is 0 Å². The van der Waals surface area contributed by atoms with Crippen LogP contribution in [0.4, 0.5) is 5.95 Å². The van der Waals surface area contributed by atoms with Crippen LogP contribution < -0.4 is 5.32 Å². The normalized spacial score (nSPS) is 12.3. The lowest BCUT2D eigenvalue weighted by atomic mass is 10.1. The van der Waals surface area contributed by atoms with Gasteiger partial charge in [-0.2, -0.15) is 0 Å². The highest BCUT2D eigenvalue weighted by Gasteiger charge is 2.11. The molecule has 4 nitrogen and oxygen atoms in total. The molecule has 1 aromatic heterocycles. The van der Waals surface area contributed by atoms with Crippen LogP contribution in [-0.2, 0) is 4.74 Å². The molecule has 1 atom stereocenters. The smallest absolute Gasteiger partial charge is 0.203 e. The van der Waals surface area contributed by atoms with Crippen LogP contribution in [0.1, 0.15) is 31.9 Å². The van der Waals surface area contributed by atoms with E-state index >= 15 is 0 Å². The number of hydrogen-bond acceptors (Lipinski definition) is 3. The highest BCUT2D eigenvalue weighted by atomic mass is 79.9. The van der Waals surface area contributed by atoms with Gasteiger partial charge in [0.25, 0.3) is 0 Å². The number of nitrogens with zero attached hydrogens (tertiary/aromatic N) is 2. The molecular formula is C16H22BrN3O. The number of rotatable bonds is 8. The van der Waals surface area contributed by atoms with Crippen LogP contribution in [0.5, 0.6) is 0 Å². The number of benzene rings is 1. The quantitative estimate of drug-likeness (QED) is 0.728. The standard InChI is InChI=1S/C16H22BrN3O/c1-3-21-11-5-8-18-16-19-9-10-20(16)13(2)14-6-4-7-15(17)12-14/h4,6-7,9-10,12-13H,3,5,8,11H2,1-2H3,(H,18,19). The Morgan fingerprint density at radius 3 is 3.05 bits per heavy atom. The Morgan fingerprint density at radius 2 is 2.29 bits per heavy atom. The summed E-state index contributed by atoms with van der Waals surface area (Å²) in [5.41, 5.74) is 1.25. The van der Waals surface area contributed by atoms with Gasteiger partial charge in [-0.1, -0.05) is 28.1 Å². The molecule has 1 heterocycles. The molecule has 2 rings (SSSR count). The molecular weight excluding hydrogens is 330 g/mol. The molecule has 2 aromatic rings. The van der Waals surface area contributed by atoms with E-state index in [0.717, 1.165) is 36.6 Å². The molecule has 0 aliphatic rings. The van der Waals surface area contributed by atoms with Crippen molar-refractivity contribution in [1.29, 1.82) is 0 Å². The number of hydrogen-bond donors (Lipinski definition) is 1. The first-order valence-corrected chi connectivity index (χ1v) is 8.11. The summed E-state index contributed by atoms with van der Waals surface area (Å²) in [7, 11) is 0. The summed E-state index contributed by atoms with van der Waals surface area (Å²) >= 11 is 3.52. The van der Waals surface area contributed by atoms with Crippen molar-refractivity contribution in [3.8, 4) is 0 Å². The first-order valence-electron chi connectivity index (χ1n) is 7.32. The van der Waals surface area contributed by atoms with Crippen molar-refractivity contribution in [3.05, 3.63) is 46.7 Å². The lowest BCUT2D eigenvalue weighted by Gasteiger charge is -2.17. The zero-order chi connectivity index (χ0) is 15.1. The molecule has 1 N–H and O–H groups in total. The van der Waals surface area contributed by atoms with E-state index in [9.17, 15) is 0 Å². The second-order valence-electron chi connectivity index (χ2n) is 4.87. The number of ether oxygens (including phenoxy) is 1. The maximum absolute atomic E-state index is 5.34. The van der Waals surface area contributed by atoms with Crippen molar-refractivity contribution in [3.63, 3.8) is 0 Å². The first kappa shape index (κ1) is 16.0. The molecule has 0 saturated carbocycles. The predicted molar refractivity (Wildman–Crippen MR) is 89.8 cm³/mol. The average Bonchev–Trinajstić information content (AvgIpc) is 2.94. The zero-order valence-electron chi connectivity index (χ0n) is 12.6. The molecule has 114 valence electrons. The minimum atomic E-state index is 0.236. The molecule has 0 spiro atoms. The first-order chi connectivity index (χ1) is 10.2. The van der Waals surface area contributed by atoms with E-state index in [0.29, 0.717) is 0 Å². The summed E-state index contributed by atoms with van der Waals surface area (Å²) in [4.78, 5) is 4.40. The van der Waals surface area contributed by atoms with E-state index in [-0.39, 0.29) is 6.04 Å². The second kappa shape index (κ2) is 8.20. The summed E-state index contributed by atoms with van der Waals surface area (Å²) in [6, 6.07) is 8.61. The van der Waals surface area contributed by atoms with Crippen LogP contribution in [0.2, 0.25) is 0 Å². The SMILES string of the molecule is CCOCCCNc1nccn1C(C)c1cccc(Br)c1. The minimum absolute atomic E-state index is 0.236. The minimum Gasteiger partial charge on any atom is -0.382 e. The molecule has 0 aliphatic carbocycles. The largest absolute Gasteiger partial charge is 0.382 e. The highest BCUT2D eigenvalue weighted by molar-refractivity contribution is 9.10. The number of nitrogens with one attached hydrogen (secondary N) is 1. The zero-order valence-corrected chi connectivity index (χ0v) is 14.1. The molecule has 0 amide bonds. The predicted octanol–water partition coefficient (Wildman–Crippen LogP) is 4.09. The van der Waals surface area contributed by atoms with Crippen molar-refractivity contribution >= 4 is 21.9 Å². The van der Waals surface area contributed by atoms with Gasteiger partial charge in [0.15, 0.2) is 0 Å². The fourth-order valence-corrected chi connectivity index (χ4v) is 2.63. The van der Waals surface area contributed by atoms with Gasteiger partial charge in [-0.25, -0.2) is 4.98 Å². The van der Waals surface area contributed by atoms with Gasteiger partial charge in [0.05, 0.1) is 6.04 Å². The number of anilines is 1. The third-order valence-corrected chi connectivity index (χ3v) is 3.86. The Labute approximate surface area is 134 Å². The summed E-state index contributed by atoms with van der Waals surface area (Å²) in [6.07, 6.45) is 4.82. The third-order valence-electron chi connectivity index (χ3n) is 3.37. The fraction of sp³-hybridized carbons (Fsp3) is 0.438. The number of halogens is 1. The van der Waals surface area contributed by atoms with Crippen LogP contribution in [0.25, 0.3) is 0 Å². The van der Waals surface area contributed by atoms with Crippen LogP contribution in [-0.4, -0.2) is 29.3 Å². The van der Waals surface area contributed by atoms with E-state index in [1.165, 1.54) is 5.56 Å². The summed E-state index contributed by atoms with van der Waals surface area (Å²) in [5.74, 6) is 0.902. The number of aromatic nitrogens is 2. The van der Waals surface area contributed by atoms with Crippen molar-refractivity contribution in [1.82, 2.24) is 9.55 Å². The Balaban J connectivity index is 1.99. The number of imidazole rings is 1. The van der Waals surface area contributed by atoms with Gasteiger partial charge in [-0.05, 0) is 38.0 Å². The van der Waals surface area contributed by atoms with Crippen molar-refractivity contribution in [2.24, 2.45) is 0 Å². The Bertz CT molecular complexity index is 556. The van der Waals surface area contributed by atoms with Crippen molar-refractivity contribution < 1.29 is 4.74 Å². The van der Waals surface area contributed by atoms with Gasteiger partial charge in [0, 0.05) is 36.6 Å². The molecule has 1 unspecified atom stereocenters. The lowest BCUT2D eigenvalue weighted by molar-refractivity contribution is 0.147. The van der Waals surface area contributed by atoms with E-state index in [1.807, 2.05) is 25.4 Å². The maximum atomic E-state index is 5.34. The Hall–Kier alpha value is -1.33. The van der Waals surface area contributed by atoms with Gasteiger partial charge >= 0.3 is 0 Å². The lowest BCUT2D eigenvalue weighted by Crippen LogP contribution is -2.13. The summed E-state index contributed by atoms with van der Waals surface area (Å²) in [6.45, 7) is 6.61. The molecule has 5 heteroatoms. The van der Waals surface area contributed by atoms with Gasteiger partial charge in [0.2, 0.25) is 5.95 Å². The Morgan fingerprint density at radius 1 is 1.43 bits per heavy atom. The van der Waals surface area contributed by atoms with Gasteiger partial charge < -0.3 is 14.6 Å². The highest BCUT2D eigenvalue weighted by Crippen LogP contribution is 2.24.